The van der Waals surface area contributed by atoms with E-state index in [2.05, 4.69) is 4.98 Å². The summed E-state index contributed by atoms with van der Waals surface area (Å²) < 4.78 is 0. The number of nitrogens with zero attached hydrogens (tertiary/aromatic N) is 1. The number of hydrogen-bond acceptors (Lipinski definition) is 2. The Labute approximate surface area is 109 Å². The first-order valence-electron chi connectivity index (χ1n) is 5.90. The minimum Gasteiger partial charge on any atom is -0.481 e. The topological polar surface area (TPSA) is 50.2 Å². The molecule has 0 spiro atoms. The van der Waals surface area contributed by atoms with Gasteiger partial charge in [0.1, 0.15) is 0 Å². The van der Waals surface area contributed by atoms with Crippen LogP contribution in [0.25, 0.3) is 0 Å². The molecule has 0 amide bonds. The molecule has 0 aliphatic rings. The SMILES string of the molecule is Cl.O=C(O)CCCCCCCc1ccncc1. The van der Waals surface area contributed by atoms with E-state index in [0.29, 0.717) is 6.42 Å². The Balaban J connectivity index is 0.00000256. The van der Waals surface area contributed by atoms with Gasteiger partial charge >= 0.3 is 5.97 Å². The molecule has 0 unspecified atom stereocenters. The van der Waals surface area contributed by atoms with Crippen molar-refractivity contribution in [2.45, 2.75) is 44.9 Å². The molecule has 17 heavy (non-hydrogen) atoms. The van der Waals surface area contributed by atoms with Crippen molar-refractivity contribution in [2.75, 3.05) is 0 Å². The summed E-state index contributed by atoms with van der Waals surface area (Å²) in [5, 5.41) is 8.46. The molecule has 0 aliphatic carbocycles. The molecule has 3 nitrogen and oxygen atoms in total. The second-order valence-electron chi connectivity index (χ2n) is 4.02. The van der Waals surface area contributed by atoms with Gasteiger partial charge in [0.05, 0.1) is 0 Å². The first-order chi connectivity index (χ1) is 7.79. The number of halogens is 1. The molecule has 0 aromatic carbocycles. The van der Waals surface area contributed by atoms with Gasteiger partial charge in [0, 0.05) is 18.8 Å². The standard InChI is InChI=1S/C13H19NO2.ClH/c15-13(16)7-5-3-1-2-4-6-12-8-10-14-11-9-12;/h8-11H,1-7H2,(H,15,16);1H. The van der Waals surface area contributed by atoms with E-state index in [1.807, 2.05) is 24.5 Å². The van der Waals surface area contributed by atoms with Crippen LogP contribution in [0.2, 0.25) is 0 Å². The van der Waals surface area contributed by atoms with E-state index in [0.717, 1.165) is 25.7 Å². The molecular weight excluding hydrogens is 238 g/mol. The second-order valence-corrected chi connectivity index (χ2v) is 4.02. The third-order valence-electron chi connectivity index (χ3n) is 2.61. The number of hydrogen-bond donors (Lipinski definition) is 1. The van der Waals surface area contributed by atoms with E-state index in [4.69, 9.17) is 5.11 Å². The van der Waals surface area contributed by atoms with Crippen molar-refractivity contribution in [3.63, 3.8) is 0 Å². The predicted molar refractivity (Wildman–Crippen MR) is 70.5 cm³/mol. The van der Waals surface area contributed by atoms with Crippen molar-refractivity contribution < 1.29 is 9.90 Å². The summed E-state index contributed by atoms with van der Waals surface area (Å²) in [5.74, 6) is -0.684. The van der Waals surface area contributed by atoms with Crippen molar-refractivity contribution in [1.29, 1.82) is 0 Å². The van der Waals surface area contributed by atoms with Crippen molar-refractivity contribution in [3.8, 4) is 0 Å². The fraction of sp³-hybridized carbons (Fsp3) is 0.538. The van der Waals surface area contributed by atoms with Crippen molar-refractivity contribution >= 4 is 18.4 Å². The molecule has 0 fully saturated rings. The first-order valence-corrected chi connectivity index (χ1v) is 5.90. The van der Waals surface area contributed by atoms with Crippen molar-refractivity contribution in [2.24, 2.45) is 0 Å². The van der Waals surface area contributed by atoms with Crippen LogP contribution in [0, 0.1) is 0 Å². The summed E-state index contributed by atoms with van der Waals surface area (Å²) >= 11 is 0. The van der Waals surface area contributed by atoms with Crippen LogP contribution >= 0.6 is 12.4 Å². The van der Waals surface area contributed by atoms with Crippen molar-refractivity contribution in [3.05, 3.63) is 30.1 Å². The number of carboxylic acids is 1. The number of aliphatic carboxylic acids is 1. The van der Waals surface area contributed by atoms with Gasteiger partial charge in [0.25, 0.3) is 0 Å². The molecule has 0 saturated carbocycles. The molecule has 1 rings (SSSR count). The number of aryl methyl sites for hydroxylation is 1. The highest BCUT2D eigenvalue weighted by Gasteiger charge is 1.97. The van der Waals surface area contributed by atoms with E-state index in [9.17, 15) is 4.79 Å². The van der Waals surface area contributed by atoms with Gasteiger partial charge in [-0.3, -0.25) is 9.78 Å². The molecule has 0 aliphatic heterocycles. The summed E-state index contributed by atoms with van der Waals surface area (Å²) in [6.07, 6.45) is 10.4. The molecule has 1 heterocycles. The van der Waals surface area contributed by atoms with Crippen LogP contribution in [0.3, 0.4) is 0 Å². The Morgan fingerprint density at radius 1 is 1.06 bits per heavy atom. The lowest BCUT2D eigenvalue weighted by molar-refractivity contribution is -0.137. The second kappa shape index (κ2) is 10.1. The number of pyridine rings is 1. The Morgan fingerprint density at radius 2 is 1.65 bits per heavy atom. The molecule has 1 aromatic heterocycles. The van der Waals surface area contributed by atoms with Crippen LogP contribution in [0.15, 0.2) is 24.5 Å². The maximum absolute atomic E-state index is 10.3. The van der Waals surface area contributed by atoms with Crippen LogP contribution in [0.4, 0.5) is 0 Å². The van der Waals surface area contributed by atoms with Gasteiger partial charge in [-0.25, -0.2) is 0 Å². The Hall–Kier alpha value is -1.09. The normalized spacial score (nSPS) is 9.65. The molecule has 0 saturated heterocycles. The molecule has 4 heteroatoms. The van der Waals surface area contributed by atoms with Gasteiger partial charge in [0.15, 0.2) is 0 Å². The summed E-state index contributed by atoms with van der Waals surface area (Å²) in [7, 11) is 0. The van der Waals surface area contributed by atoms with Gasteiger partial charge in [-0.15, -0.1) is 12.4 Å². The molecular formula is C13H20ClNO2. The highest BCUT2D eigenvalue weighted by atomic mass is 35.5. The number of rotatable bonds is 8. The molecule has 0 atom stereocenters. The zero-order valence-electron chi connectivity index (χ0n) is 9.97. The molecule has 0 radical (unpaired) electrons. The Bertz CT molecular complexity index is 304. The lowest BCUT2D eigenvalue weighted by atomic mass is 10.1. The van der Waals surface area contributed by atoms with E-state index in [-0.39, 0.29) is 12.4 Å². The quantitative estimate of drug-likeness (QED) is 0.726. The largest absolute Gasteiger partial charge is 0.481 e. The minimum atomic E-state index is -0.684. The third kappa shape index (κ3) is 8.69. The number of aromatic nitrogens is 1. The van der Waals surface area contributed by atoms with Gasteiger partial charge in [-0.2, -0.15) is 0 Å². The van der Waals surface area contributed by atoms with Gasteiger partial charge in [-0.05, 0) is 37.0 Å². The number of carboxylic acid groups (broad SMARTS) is 1. The number of carbonyl (C=O) groups is 1. The fourth-order valence-electron chi connectivity index (χ4n) is 1.69. The minimum absolute atomic E-state index is 0. The van der Waals surface area contributed by atoms with Crippen LogP contribution in [-0.4, -0.2) is 16.1 Å². The van der Waals surface area contributed by atoms with E-state index in [1.165, 1.54) is 18.4 Å². The smallest absolute Gasteiger partial charge is 0.303 e. The van der Waals surface area contributed by atoms with Crippen LogP contribution in [0.1, 0.15) is 44.1 Å². The van der Waals surface area contributed by atoms with Gasteiger partial charge in [0.2, 0.25) is 0 Å². The summed E-state index contributed by atoms with van der Waals surface area (Å²) in [6, 6.07) is 4.09. The Morgan fingerprint density at radius 3 is 2.29 bits per heavy atom. The zero-order valence-corrected chi connectivity index (χ0v) is 10.8. The molecule has 1 N–H and O–H groups in total. The summed E-state index contributed by atoms with van der Waals surface area (Å²) in [6.45, 7) is 0. The maximum atomic E-state index is 10.3. The Kier molecular flexibility index (Phi) is 9.44. The summed E-state index contributed by atoms with van der Waals surface area (Å²) in [5.41, 5.74) is 1.33. The highest BCUT2D eigenvalue weighted by Crippen LogP contribution is 2.09. The average Bonchev–Trinajstić information content (AvgIpc) is 2.29. The molecule has 1 aromatic rings. The molecule has 0 bridgehead atoms. The lowest BCUT2D eigenvalue weighted by Crippen LogP contribution is -1.93. The van der Waals surface area contributed by atoms with E-state index < -0.39 is 5.97 Å². The first kappa shape index (κ1) is 15.9. The number of unbranched alkanes of at least 4 members (excludes halogenated alkanes) is 4. The van der Waals surface area contributed by atoms with E-state index in [1.54, 1.807) is 0 Å². The average molecular weight is 258 g/mol. The van der Waals surface area contributed by atoms with Gasteiger partial charge < -0.3 is 5.11 Å². The maximum Gasteiger partial charge on any atom is 0.303 e. The van der Waals surface area contributed by atoms with Gasteiger partial charge in [-0.1, -0.05) is 19.3 Å². The monoisotopic (exact) mass is 257 g/mol. The lowest BCUT2D eigenvalue weighted by Gasteiger charge is -2.01. The summed E-state index contributed by atoms with van der Waals surface area (Å²) in [4.78, 5) is 14.2. The van der Waals surface area contributed by atoms with E-state index >= 15 is 0 Å². The van der Waals surface area contributed by atoms with Crippen LogP contribution in [0.5, 0.6) is 0 Å². The van der Waals surface area contributed by atoms with Crippen LogP contribution < -0.4 is 0 Å². The fourth-order valence-corrected chi connectivity index (χ4v) is 1.69. The zero-order chi connectivity index (χ0) is 11.6. The third-order valence-corrected chi connectivity index (χ3v) is 2.61. The van der Waals surface area contributed by atoms with Crippen LogP contribution in [-0.2, 0) is 11.2 Å². The molecule has 96 valence electrons. The predicted octanol–water partition coefficient (Wildman–Crippen LogP) is 3.47. The van der Waals surface area contributed by atoms with Crippen molar-refractivity contribution in [1.82, 2.24) is 4.98 Å². The highest BCUT2D eigenvalue weighted by molar-refractivity contribution is 5.85.